The Morgan fingerprint density at radius 2 is 1.15 bits per heavy atom. The summed E-state index contributed by atoms with van der Waals surface area (Å²) in [5.74, 6) is 0. The zero-order valence-electron chi connectivity index (χ0n) is 20.0. The number of alkyl halides is 6. The van der Waals surface area contributed by atoms with Gasteiger partial charge < -0.3 is 0 Å². The number of fused-ring (bicyclic) bond motifs is 6. The Bertz CT molecular complexity index is 2190. The van der Waals surface area contributed by atoms with Gasteiger partial charge in [-0.15, -0.1) is 4.95 Å². The Hall–Kier alpha value is -5.22. The molecule has 0 saturated heterocycles. The van der Waals surface area contributed by atoms with Crippen LogP contribution in [0.2, 0.25) is 0 Å². The minimum Gasteiger partial charge on any atom is -0.181 e. The highest BCUT2D eigenvalue weighted by Gasteiger charge is 2.37. The molecule has 4 nitrogen and oxygen atoms in total. The van der Waals surface area contributed by atoms with Crippen LogP contribution in [0, 0.1) is 18.0 Å². The van der Waals surface area contributed by atoms with E-state index in [1.165, 1.54) is 12.1 Å². The van der Waals surface area contributed by atoms with E-state index in [1.54, 1.807) is 6.07 Å². The van der Waals surface area contributed by atoms with Crippen molar-refractivity contribution in [1.29, 1.82) is 5.26 Å². The zero-order valence-corrected chi connectivity index (χ0v) is 20.0. The highest BCUT2D eigenvalue weighted by atomic mass is 19.4. The van der Waals surface area contributed by atoms with Crippen LogP contribution < -0.4 is 10.7 Å². The summed E-state index contributed by atoms with van der Waals surface area (Å²) in [4.78, 5) is 7.18. The quantitative estimate of drug-likeness (QED) is 0.0899. The number of halogens is 6. The summed E-state index contributed by atoms with van der Waals surface area (Å²) in [6.07, 6.45) is -8.15. The Kier molecular flexibility index (Phi) is 5.42. The van der Waals surface area contributed by atoms with Gasteiger partial charge in [0.2, 0.25) is 6.19 Å². The van der Waals surface area contributed by atoms with Crippen LogP contribution in [0.4, 0.5) is 26.3 Å². The maximum Gasteiger partial charge on any atom is 0.416 e. The molecule has 0 aliphatic rings. The molecule has 0 fully saturated rings. The summed E-state index contributed by atoms with van der Waals surface area (Å²) in [5, 5.41) is 19.2. The van der Waals surface area contributed by atoms with Gasteiger partial charge in [-0.05, 0) is 69.1 Å². The van der Waals surface area contributed by atoms with Gasteiger partial charge in [0.25, 0.3) is 0 Å². The molecular weight excluding hydrogens is 530 g/mol. The number of rotatable bonds is 1. The normalized spacial score (nSPS) is 13.5. The largest absolute Gasteiger partial charge is 0.416 e. The second-order valence-corrected chi connectivity index (χ2v) is 9.15. The number of nitriles is 1. The number of hydrogen-bond donors (Lipinski definition) is 0. The van der Waals surface area contributed by atoms with E-state index < -0.39 is 23.5 Å². The molecule has 0 aliphatic heterocycles. The molecule has 0 aliphatic carbocycles. The van der Waals surface area contributed by atoms with E-state index in [0.29, 0.717) is 44.4 Å². The summed E-state index contributed by atoms with van der Waals surface area (Å²) in [7, 11) is 0. The van der Waals surface area contributed by atoms with Crippen molar-refractivity contribution in [2.45, 2.75) is 12.4 Å². The van der Waals surface area contributed by atoms with E-state index in [-0.39, 0.29) is 22.6 Å². The number of benzene rings is 4. The van der Waals surface area contributed by atoms with Gasteiger partial charge in [-0.25, -0.2) is 0 Å². The molecule has 0 aromatic heterocycles. The molecule has 6 rings (SSSR count). The van der Waals surface area contributed by atoms with Crippen molar-refractivity contribution in [3.63, 3.8) is 0 Å². The molecule has 0 saturated carbocycles. The van der Waals surface area contributed by atoms with Crippen molar-refractivity contribution in [2.24, 2.45) is 10.1 Å². The lowest BCUT2D eigenvalue weighted by Gasteiger charge is -2.14. The maximum atomic E-state index is 13.5. The monoisotopic (exact) mass is 542 g/mol. The predicted molar refractivity (Wildman–Crippen MR) is 138 cm³/mol. The van der Waals surface area contributed by atoms with Crippen LogP contribution in [-0.2, 0) is 12.4 Å². The van der Waals surface area contributed by atoms with Crippen molar-refractivity contribution in [3.05, 3.63) is 106 Å². The van der Waals surface area contributed by atoms with Gasteiger partial charge in [0, 0.05) is 21.5 Å². The maximum absolute atomic E-state index is 13.5. The number of nitrogens with zero attached hydrogens (tertiary/aromatic N) is 4. The average Bonchev–Trinajstić information content (AvgIpc) is 3.38. The molecule has 6 aromatic rings. The molecule has 0 unspecified atom stereocenters. The highest BCUT2D eigenvalue weighted by molar-refractivity contribution is 6.21. The lowest BCUT2D eigenvalue weighted by Crippen LogP contribution is -2.11. The van der Waals surface area contributed by atoms with Crippen LogP contribution in [0.5, 0.6) is 0 Å². The summed E-state index contributed by atoms with van der Waals surface area (Å²) in [6.45, 7) is 7.35. The van der Waals surface area contributed by atoms with E-state index in [4.69, 9.17) is 6.57 Å². The fraction of sp³-hybridized carbons (Fsp3) is 0.0667. The van der Waals surface area contributed by atoms with Gasteiger partial charge in [0.05, 0.1) is 21.6 Å². The third-order valence-electron chi connectivity index (χ3n) is 6.94. The molecule has 40 heavy (non-hydrogen) atoms. The molecule has 6 aromatic carbocycles. The molecule has 0 radical (unpaired) electrons. The molecular formula is C30H12F6N4. The molecule has 0 spiro atoms. The first-order valence-electron chi connectivity index (χ1n) is 11.7. The first kappa shape index (κ1) is 25.1. The summed E-state index contributed by atoms with van der Waals surface area (Å²) in [6, 6.07) is 16.9. The Labute approximate surface area is 220 Å². The second kappa shape index (κ2) is 8.65. The van der Waals surface area contributed by atoms with E-state index in [1.807, 2.05) is 42.6 Å². The SMILES string of the molecule is [C-]#[N+]/N=c1/c2cc(-c3cc(C(F)(F)F)cc(C(F)(F)F)c3)ccc2c2cc3c(=NC#N)c4ccccc4c3cc12. The molecule has 0 atom stereocenters. The zero-order chi connectivity index (χ0) is 28.4. The molecule has 0 heterocycles. The minimum atomic E-state index is -4.99. The first-order valence-corrected chi connectivity index (χ1v) is 11.7. The third-order valence-corrected chi connectivity index (χ3v) is 6.94. The fourth-order valence-corrected chi connectivity index (χ4v) is 5.26. The topological polar surface area (TPSA) is 52.9 Å². The first-order chi connectivity index (χ1) is 19.0. The van der Waals surface area contributed by atoms with E-state index in [0.717, 1.165) is 16.2 Å². The molecule has 0 bridgehead atoms. The Morgan fingerprint density at radius 3 is 1.73 bits per heavy atom. The van der Waals surface area contributed by atoms with Gasteiger partial charge in [-0.1, -0.05) is 36.4 Å². The second-order valence-electron chi connectivity index (χ2n) is 9.15. The Balaban J connectivity index is 1.70. The summed E-state index contributed by atoms with van der Waals surface area (Å²) in [5.41, 5.74) is -3.01. The van der Waals surface area contributed by atoms with Crippen molar-refractivity contribution < 1.29 is 26.3 Å². The fourth-order valence-electron chi connectivity index (χ4n) is 5.26. The van der Waals surface area contributed by atoms with Crippen molar-refractivity contribution in [2.75, 3.05) is 0 Å². The Morgan fingerprint density at radius 1 is 0.600 bits per heavy atom. The van der Waals surface area contributed by atoms with Gasteiger partial charge in [0.15, 0.2) is 5.36 Å². The van der Waals surface area contributed by atoms with Gasteiger partial charge in [-0.3, -0.25) is 0 Å². The smallest absolute Gasteiger partial charge is 0.181 e. The van der Waals surface area contributed by atoms with Crippen LogP contribution in [0.3, 0.4) is 0 Å². The van der Waals surface area contributed by atoms with Crippen LogP contribution in [-0.4, -0.2) is 0 Å². The van der Waals surface area contributed by atoms with Gasteiger partial charge >= 0.3 is 12.4 Å². The van der Waals surface area contributed by atoms with E-state index >= 15 is 0 Å². The lowest BCUT2D eigenvalue weighted by molar-refractivity contribution is -0.143. The van der Waals surface area contributed by atoms with E-state index in [2.05, 4.69) is 15.0 Å². The van der Waals surface area contributed by atoms with Crippen molar-refractivity contribution in [1.82, 2.24) is 0 Å². The van der Waals surface area contributed by atoms with Gasteiger partial charge in [0.1, 0.15) is 0 Å². The standard InChI is InChI=1S/C30H12F6N4/c1-38-40-28-24-10-15(16-8-17(29(31,32)33)11-18(9-16)30(34,35)36)6-7-20(24)23-12-25-22(13-26(23)28)19-4-2-3-5-21(19)27(25)39-14-37/h2-13H/b39-27?,40-28-. The van der Waals surface area contributed by atoms with Crippen molar-refractivity contribution in [3.8, 4) is 17.3 Å². The predicted octanol–water partition coefficient (Wildman–Crippen LogP) is 8.00. The van der Waals surface area contributed by atoms with Gasteiger partial charge in [-0.2, -0.15) is 43.2 Å². The van der Waals surface area contributed by atoms with Crippen molar-refractivity contribution >= 4 is 43.1 Å². The lowest BCUT2D eigenvalue weighted by atomic mass is 9.97. The average molecular weight is 542 g/mol. The number of hydrogen-bond acceptors (Lipinski definition) is 3. The summed E-state index contributed by atoms with van der Waals surface area (Å²) < 4.78 is 80.8. The van der Waals surface area contributed by atoms with Crippen LogP contribution in [0.1, 0.15) is 11.1 Å². The molecule has 194 valence electrons. The highest BCUT2D eigenvalue weighted by Crippen LogP contribution is 2.40. The minimum absolute atomic E-state index is 0.0817. The van der Waals surface area contributed by atoms with Crippen LogP contribution in [0.25, 0.3) is 59.2 Å². The third kappa shape index (κ3) is 3.85. The van der Waals surface area contributed by atoms with Crippen LogP contribution >= 0.6 is 0 Å². The molecule has 0 amide bonds. The van der Waals surface area contributed by atoms with E-state index in [9.17, 15) is 31.6 Å². The van der Waals surface area contributed by atoms with Crippen LogP contribution in [0.15, 0.2) is 82.9 Å². The summed E-state index contributed by atoms with van der Waals surface area (Å²) >= 11 is 0. The molecule has 0 N–H and O–H groups in total. The molecule has 10 heteroatoms.